The molecule has 6 nitrogen and oxygen atoms in total. The number of urea groups is 1. The Morgan fingerprint density at radius 1 is 1.08 bits per heavy atom. The van der Waals surface area contributed by atoms with Crippen LogP contribution in [0.5, 0.6) is 0 Å². The minimum absolute atomic E-state index is 0.104. The molecule has 0 saturated carbocycles. The number of carbonyl (C=O) groups excluding carboxylic acids is 2. The predicted molar refractivity (Wildman–Crippen MR) is 144 cm³/mol. The van der Waals surface area contributed by atoms with Crippen molar-refractivity contribution in [1.82, 2.24) is 15.0 Å². The third-order valence-corrected chi connectivity index (χ3v) is 7.41. The highest BCUT2D eigenvalue weighted by molar-refractivity contribution is 8.26. The number of aromatic nitrogens is 1. The van der Waals surface area contributed by atoms with Gasteiger partial charge in [-0.25, -0.2) is 10.2 Å². The van der Waals surface area contributed by atoms with Crippen LogP contribution in [0.3, 0.4) is 0 Å². The molecule has 0 bridgehead atoms. The molecule has 3 aromatic rings. The van der Waals surface area contributed by atoms with Gasteiger partial charge in [0.2, 0.25) is 0 Å². The second-order valence-electron chi connectivity index (χ2n) is 7.92. The first-order chi connectivity index (χ1) is 17.3. The Bertz CT molecular complexity index is 1470. The van der Waals surface area contributed by atoms with Gasteiger partial charge in [-0.05, 0) is 80.2 Å². The van der Waals surface area contributed by atoms with E-state index in [0.29, 0.717) is 33.3 Å². The van der Waals surface area contributed by atoms with Gasteiger partial charge in [-0.3, -0.25) is 4.79 Å². The predicted octanol–water partition coefficient (Wildman–Crippen LogP) is 7.36. The molecule has 0 spiro atoms. The number of aryl methyl sites for hydroxylation is 1. The minimum atomic E-state index is -4.47. The molecule has 1 saturated heterocycles. The SMILES string of the molecule is Cc1cc(/C=C2\SC(=S)N(NC(=O)Nc3ccc(Cl)c(Cl)c3)C2=O)c(C)n1-c1cccc(C(F)(F)F)c1. The molecule has 37 heavy (non-hydrogen) atoms. The maximum Gasteiger partial charge on any atom is 0.416 e. The zero-order valence-electron chi connectivity index (χ0n) is 19.1. The molecule has 2 heterocycles. The van der Waals surface area contributed by atoms with Crippen LogP contribution >= 0.6 is 47.2 Å². The number of halogens is 5. The zero-order chi connectivity index (χ0) is 27.1. The van der Waals surface area contributed by atoms with Crippen molar-refractivity contribution in [3.05, 3.63) is 86.0 Å². The lowest BCUT2D eigenvalue weighted by atomic mass is 10.2. The first-order valence-electron chi connectivity index (χ1n) is 10.5. The fourth-order valence-corrected chi connectivity index (χ4v) is 5.16. The molecule has 0 radical (unpaired) electrons. The third kappa shape index (κ3) is 5.80. The number of nitrogens with zero attached hydrogens (tertiary/aromatic N) is 2. The van der Waals surface area contributed by atoms with E-state index < -0.39 is 23.7 Å². The van der Waals surface area contributed by atoms with E-state index in [1.807, 2.05) is 0 Å². The lowest BCUT2D eigenvalue weighted by molar-refractivity contribution is -0.137. The van der Waals surface area contributed by atoms with Gasteiger partial charge in [-0.2, -0.15) is 18.2 Å². The van der Waals surface area contributed by atoms with E-state index in [1.165, 1.54) is 24.3 Å². The Morgan fingerprint density at radius 2 is 1.81 bits per heavy atom. The highest BCUT2D eigenvalue weighted by Gasteiger charge is 2.34. The van der Waals surface area contributed by atoms with E-state index in [4.69, 9.17) is 35.4 Å². The zero-order valence-corrected chi connectivity index (χ0v) is 22.3. The van der Waals surface area contributed by atoms with Crippen LogP contribution in [-0.2, 0) is 11.0 Å². The van der Waals surface area contributed by atoms with E-state index in [2.05, 4.69) is 10.7 Å². The summed E-state index contributed by atoms with van der Waals surface area (Å²) in [5, 5.41) is 4.04. The van der Waals surface area contributed by atoms with Gasteiger partial charge in [-0.1, -0.05) is 41.0 Å². The Kier molecular flexibility index (Phi) is 7.61. The molecule has 1 fully saturated rings. The maximum atomic E-state index is 13.2. The van der Waals surface area contributed by atoms with Crippen LogP contribution in [0.2, 0.25) is 10.0 Å². The van der Waals surface area contributed by atoms with Crippen LogP contribution in [-0.4, -0.2) is 25.8 Å². The van der Waals surface area contributed by atoms with Gasteiger partial charge in [0.1, 0.15) is 0 Å². The second kappa shape index (κ2) is 10.4. The van der Waals surface area contributed by atoms with E-state index in [9.17, 15) is 22.8 Å². The Hall–Kier alpha value is -2.99. The Morgan fingerprint density at radius 3 is 2.49 bits per heavy atom. The molecule has 1 aliphatic heterocycles. The normalized spacial score (nSPS) is 15.0. The summed E-state index contributed by atoms with van der Waals surface area (Å²) in [7, 11) is 0. The van der Waals surface area contributed by atoms with Crippen molar-refractivity contribution >= 4 is 75.2 Å². The molecule has 1 aliphatic rings. The summed E-state index contributed by atoms with van der Waals surface area (Å²) in [5.74, 6) is -0.553. The Balaban J connectivity index is 1.54. The number of nitrogens with one attached hydrogen (secondary N) is 2. The molecule has 0 unspecified atom stereocenters. The van der Waals surface area contributed by atoms with Crippen LogP contribution in [0, 0.1) is 13.8 Å². The van der Waals surface area contributed by atoms with Crippen molar-refractivity contribution in [2.45, 2.75) is 20.0 Å². The number of alkyl halides is 3. The van der Waals surface area contributed by atoms with Crippen LogP contribution in [0.25, 0.3) is 11.8 Å². The number of carbonyl (C=O) groups is 2. The summed E-state index contributed by atoms with van der Waals surface area (Å²) in [6.45, 7) is 3.49. The van der Waals surface area contributed by atoms with Crippen LogP contribution in [0.4, 0.5) is 23.7 Å². The molecule has 0 aliphatic carbocycles. The average Bonchev–Trinajstić information content (AvgIpc) is 3.24. The molecule has 0 atom stereocenters. The molecule has 1 aromatic heterocycles. The molecule has 4 rings (SSSR count). The molecular formula is C24H17Cl2F3N4O2S2. The highest BCUT2D eigenvalue weighted by atomic mass is 35.5. The molecule has 2 N–H and O–H groups in total. The summed E-state index contributed by atoms with van der Waals surface area (Å²) in [6.07, 6.45) is -2.88. The van der Waals surface area contributed by atoms with Crippen molar-refractivity contribution in [2.75, 3.05) is 5.32 Å². The summed E-state index contributed by atoms with van der Waals surface area (Å²) >= 11 is 18.1. The van der Waals surface area contributed by atoms with Gasteiger partial charge in [0.15, 0.2) is 4.32 Å². The van der Waals surface area contributed by atoms with Crippen molar-refractivity contribution in [3.8, 4) is 5.69 Å². The number of benzene rings is 2. The van der Waals surface area contributed by atoms with Gasteiger partial charge in [0, 0.05) is 22.8 Å². The van der Waals surface area contributed by atoms with Crippen molar-refractivity contribution in [1.29, 1.82) is 0 Å². The quantitative estimate of drug-likeness (QED) is 0.248. The summed E-state index contributed by atoms with van der Waals surface area (Å²) in [4.78, 5) is 25.6. The Labute approximate surface area is 229 Å². The summed E-state index contributed by atoms with van der Waals surface area (Å²) in [6, 6.07) is 10.5. The van der Waals surface area contributed by atoms with Crippen molar-refractivity contribution in [3.63, 3.8) is 0 Å². The van der Waals surface area contributed by atoms with Crippen LogP contribution in [0.15, 0.2) is 53.4 Å². The number of hydrogen-bond acceptors (Lipinski definition) is 4. The third-order valence-electron chi connectivity index (χ3n) is 5.37. The highest BCUT2D eigenvalue weighted by Crippen LogP contribution is 2.35. The van der Waals surface area contributed by atoms with Gasteiger partial charge in [-0.15, -0.1) is 0 Å². The average molecular weight is 585 g/mol. The van der Waals surface area contributed by atoms with Gasteiger partial charge < -0.3 is 9.88 Å². The van der Waals surface area contributed by atoms with E-state index in [1.54, 1.807) is 36.6 Å². The smallest absolute Gasteiger partial charge is 0.318 e. The lowest BCUT2D eigenvalue weighted by Gasteiger charge is -2.16. The molecule has 3 amide bonds. The maximum absolute atomic E-state index is 13.2. The molecule has 192 valence electrons. The van der Waals surface area contributed by atoms with Crippen molar-refractivity contribution in [2.24, 2.45) is 0 Å². The summed E-state index contributed by atoms with van der Waals surface area (Å²) < 4.78 is 41.4. The number of thioether (sulfide) groups is 1. The van der Waals surface area contributed by atoms with E-state index in [-0.39, 0.29) is 14.2 Å². The number of amides is 3. The number of hydrogen-bond donors (Lipinski definition) is 2. The first kappa shape index (κ1) is 27.1. The number of anilines is 1. The lowest BCUT2D eigenvalue weighted by Crippen LogP contribution is -2.46. The minimum Gasteiger partial charge on any atom is -0.318 e. The fraction of sp³-hybridized carbons (Fsp3) is 0.125. The number of rotatable bonds is 4. The monoisotopic (exact) mass is 584 g/mol. The summed E-state index contributed by atoms with van der Waals surface area (Å²) in [5.41, 5.74) is 4.27. The number of thiocarbonyl (C=S) groups is 1. The van der Waals surface area contributed by atoms with Crippen LogP contribution < -0.4 is 10.7 Å². The molecular weight excluding hydrogens is 568 g/mol. The second-order valence-corrected chi connectivity index (χ2v) is 10.4. The fourth-order valence-electron chi connectivity index (χ4n) is 3.69. The standard InChI is InChI=1S/C24H17Cl2F3N4O2S2/c1-12-8-14(13(2)32(12)17-5-3-4-15(10-17)24(27,28)29)9-20-21(34)33(23(36)37-20)31-22(35)30-16-6-7-18(25)19(26)11-16/h3-11H,1-2H3,(H2,30,31,35)/b20-9-. The van der Waals surface area contributed by atoms with E-state index in [0.717, 1.165) is 28.9 Å². The van der Waals surface area contributed by atoms with Crippen LogP contribution in [0.1, 0.15) is 22.5 Å². The van der Waals surface area contributed by atoms with E-state index >= 15 is 0 Å². The first-order valence-corrected chi connectivity index (χ1v) is 12.5. The largest absolute Gasteiger partial charge is 0.416 e. The van der Waals surface area contributed by atoms with Gasteiger partial charge >= 0.3 is 12.2 Å². The molecule has 13 heteroatoms. The number of hydrazine groups is 1. The van der Waals surface area contributed by atoms with Crippen molar-refractivity contribution < 1.29 is 22.8 Å². The molecule has 2 aromatic carbocycles. The topological polar surface area (TPSA) is 66.4 Å². The van der Waals surface area contributed by atoms with Gasteiger partial charge in [0.25, 0.3) is 5.91 Å². The van der Waals surface area contributed by atoms with Gasteiger partial charge in [0.05, 0.1) is 20.5 Å².